The number of piperidine rings is 1. The van der Waals surface area contributed by atoms with Crippen LogP contribution in [0.25, 0.3) is 0 Å². The first-order valence-corrected chi connectivity index (χ1v) is 9.00. The molecule has 1 aromatic heterocycles. The minimum atomic E-state index is -0.277. The number of rotatable bonds is 5. The van der Waals surface area contributed by atoms with Gasteiger partial charge in [0.1, 0.15) is 0 Å². The molecule has 1 N–H and O–H groups in total. The number of aryl methyl sites for hydroxylation is 2. The topological polar surface area (TPSA) is 50.2 Å². The first kappa shape index (κ1) is 17.7. The molecule has 1 fully saturated rings. The van der Waals surface area contributed by atoms with Gasteiger partial charge in [0.2, 0.25) is 5.91 Å². The molecule has 0 saturated carbocycles. The summed E-state index contributed by atoms with van der Waals surface area (Å²) >= 11 is 0. The lowest BCUT2D eigenvalue weighted by Gasteiger charge is -2.38. The van der Waals surface area contributed by atoms with Gasteiger partial charge in [-0.3, -0.25) is 14.4 Å². The highest BCUT2D eigenvalue weighted by molar-refractivity contribution is 5.82. The molecule has 5 heteroatoms. The second-order valence-corrected chi connectivity index (χ2v) is 7.41. The summed E-state index contributed by atoms with van der Waals surface area (Å²) in [4.78, 5) is 15.2. The minimum Gasteiger partial charge on any atom is -0.350 e. The van der Waals surface area contributed by atoms with Crippen molar-refractivity contribution in [2.75, 3.05) is 13.1 Å². The van der Waals surface area contributed by atoms with E-state index in [9.17, 15) is 4.79 Å². The Balaban J connectivity index is 1.51. The average molecular weight is 340 g/mol. The average Bonchev–Trinajstić information content (AvgIpc) is 2.93. The van der Waals surface area contributed by atoms with E-state index in [0.29, 0.717) is 6.54 Å². The minimum absolute atomic E-state index is 0.158. The Labute approximate surface area is 150 Å². The Morgan fingerprint density at radius 1 is 1.24 bits per heavy atom. The molecule has 0 atom stereocenters. The number of aromatic nitrogens is 2. The Morgan fingerprint density at radius 2 is 1.92 bits per heavy atom. The number of benzene rings is 1. The van der Waals surface area contributed by atoms with Crippen molar-refractivity contribution >= 4 is 5.91 Å². The van der Waals surface area contributed by atoms with Gasteiger partial charge in [-0.05, 0) is 44.5 Å². The number of carbonyl (C=O) groups is 1. The standard InChI is InChI=1S/C20H28N4O/c1-16-13-18(23(3)22-16)14-21-19(25)20(2)9-11-24(12-10-20)15-17-7-5-4-6-8-17/h4-8,13H,9-12,14-15H2,1-3H3,(H,21,25). The molecule has 0 aliphatic carbocycles. The lowest BCUT2D eigenvalue weighted by molar-refractivity contribution is -0.133. The lowest BCUT2D eigenvalue weighted by Crippen LogP contribution is -2.46. The largest absolute Gasteiger partial charge is 0.350 e. The number of nitrogens with zero attached hydrogens (tertiary/aromatic N) is 3. The zero-order chi connectivity index (χ0) is 17.9. The van der Waals surface area contributed by atoms with Crippen LogP contribution in [0.15, 0.2) is 36.4 Å². The van der Waals surface area contributed by atoms with Gasteiger partial charge in [0.25, 0.3) is 0 Å². The van der Waals surface area contributed by atoms with Crippen molar-refractivity contribution in [1.82, 2.24) is 20.0 Å². The van der Waals surface area contributed by atoms with E-state index in [1.54, 1.807) is 0 Å². The van der Waals surface area contributed by atoms with E-state index >= 15 is 0 Å². The van der Waals surface area contributed by atoms with Crippen LogP contribution in [-0.4, -0.2) is 33.7 Å². The molecule has 2 heterocycles. The van der Waals surface area contributed by atoms with Gasteiger partial charge in [-0.2, -0.15) is 5.10 Å². The second kappa shape index (κ2) is 7.40. The maximum Gasteiger partial charge on any atom is 0.226 e. The van der Waals surface area contributed by atoms with E-state index in [1.807, 2.05) is 30.8 Å². The maximum atomic E-state index is 12.7. The molecule has 0 spiro atoms. The normalized spacial score (nSPS) is 17.4. The summed E-state index contributed by atoms with van der Waals surface area (Å²) in [5, 5.41) is 7.44. The smallest absolute Gasteiger partial charge is 0.226 e. The van der Waals surface area contributed by atoms with Crippen LogP contribution in [0.1, 0.15) is 36.7 Å². The van der Waals surface area contributed by atoms with E-state index in [1.165, 1.54) is 5.56 Å². The van der Waals surface area contributed by atoms with Crippen LogP contribution in [0, 0.1) is 12.3 Å². The predicted octanol–water partition coefficient (Wildman–Crippen LogP) is 2.65. The van der Waals surface area contributed by atoms with E-state index in [4.69, 9.17) is 0 Å². The monoisotopic (exact) mass is 340 g/mol. The highest BCUT2D eigenvalue weighted by atomic mass is 16.2. The van der Waals surface area contributed by atoms with Crippen LogP contribution in [0.3, 0.4) is 0 Å². The van der Waals surface area contributed by atoms with Gasteiger partial charge in [-0.15, -0.1) is 0 Å². The number of nitrogens with one attached hydrogen (secondary N) is 1. The van der Waals surface area contributed by atoms with Crippen molar-refractivity contribution < 1.29 is 4.79 Å². The third kappa shape index (κ3) is 4.28. The zero-order valence-electron chi connectivity index (χ0n) is 15.5. The molecule has 25 heavy (non-hydrogen) atoms. The van der Waals surface area contributed by atoms with E-state index in [0.717, 1.165) is 43.9 Å². The van der Waals surface area contributed by atoms with Crippen molar-refractivity contribution in [2.24, 2.45) is 12.5 Å². The SMILES string of the molecule is Cc1cc(CNC(=O)C2(C)CCN(Cc3ccccc3)CC2)n(C)n1. The third-order valence-electron chi connectivity index (χ3n) is 5.29. The number of hydrogen-bond donors (Lipinski definition) is 1. The first-order chi connectivity index (χ1) is 12.0. The predicted molar refractivity (Wildman–Crippen MR) is 98.9 cm³/mol. The fourth-order valence-electron chi connectivity index (χ4n) is 3.49. The van der Waals surface area contributed by atoms with Crippen molar-refractivity contribution in [3.63, 3.8) is 0 Å². The molecule has 5 nitrogen and oxygen atoms in total. The van der Waals surface area contributed by atoms with Gasteiger partial charge in [0.15, 0.2) is 0 Å². The van der Waals surface area contributed by atoms with Gasteiger partial charge in [0, 0.05) is 19.0 Å². The third-order valence-corrected chi connectivity index (χ3v) is 5.29. The van der Waals surface area contributed by atoms with Gasteiger partial charge >= 0.3 is 0 Å². The molecule has 2 aromatic rings. The Kier molecular flexibility index (Phi) is 5.23. The van der Waals surface area contributed by atoms with Gasteiger partial charge in [-0.25, -0.2) is 0 Å². The van der Waals surface area contributed by atoms with Crippen LogP contribution in [0.2, 0.25) is 0 Å². The molecule has 0 unspecified atom stereocenters. The fraction of sp³-hybridized carbons (Fsp3) is 0.500. The summed E-state index contributed by atoms with van der Waals surface area (Å²) < 4.78 is 1.83. The van der Waals surface area contributed by atoms with Gasteiger partial charge in [0.05, 0.1) is 17.9 Å². The highest BCUT2D eigenvalue weighted by Crippen LogP contribution is 2.31. The molecular weight excluding hydrogens is 312 g/mol. The van der Waals surface area contributed by atoms with Crippen LogP contribution in [0.5, 0.6) is 0 Å². The Bertz CT molecular complexity index is 715. The van der Waals surface area contributed by atoms with Crippen molar-refractivity contribution in [3.05, 3.63) is 53.3 Å². The number of likely N-dealkylation sites (tertiary alicyclic amines) is 1. The Hall–Kier alpha value is -2.14. The van der Waals surface area contributed by atoms with Crippen LogP contribution in [0.4, 0.5) is 0 Å². The molecule has 0 radical (unpaired) electrons. The molecule has 1 amide bonds. The van der Waals surface area contributed by atoms with Crippen molar-refractivity contribution in [3.8, 4) is 0 Å². The molecule has 0 bridgehead atoms. The van der Waals surface area contributed by atoms with E-state index < -0.39 is 0 Å². The fourth-order valence-corrected chi connectivity index (χ4v) is 3.49. The van der Waals surface area contributed by atoms with Crippen molar-refractivity contribution in [2.45, 2.75) is 39.8 Å². The number of carbonyl (C=O) groups excluding carboxylic acids is 1. The van der Waals surface area contributed by atoms with E-state index in [-0.39, 0.29) is 11.3 Å². The second-order valence-electron chi connectivity index (χ2n) is 7.41. The number of amides is 1. The molecule has 1 aliphatic heterocycles. The van der Waals surface area contributed by atoms with Gasteiger partial charge in [-0.1, -0.05) is 37.3 Å². The lowest BCUT2D eigenvalue weighted by atomic mass is 9.79. The summed E-state index contributed by atoms with van der Waals surface area (Å²) in [6, 6.07) is 12.6. The summed E-state index contributed by atoms with van der Waals surface area (Å²) in [6.45, 7) is 7.49. The molecule has 134 valence electrons. The molecule has 1 saturated heterocycles. The quantitative estimate of drug-likeness (QED) is 0.910. The molecular formula is C20H28N4O. The summed E-state index contributed by atoms with van der Waals surface area (Å²) in [5.41, 5.74) is 3.08. The first-order valence-electron chi connectivity index (χ1n) is 9.00. The maximum absolute atomic E-state index is 12.7. The van der Waals surface area contributed by atoms with Crippen molar-refractivity contribution in [1.29, 1.82) is 0 Å². The summed E-state index contributed by atoms with van der Waals surface area (Å²) in [6.07, 6.45) is 1.80. The number of hydrogen-bond acceptors (Lipinski definition) is 3. The molecule has 3 rings (SSSR count). The Morgan fingerprint density at radius 3 is 2.52 bits per heavy atom. The van der Waals surface area contributed by atoms with Gasteiger partial charge < -0.3 is 5.32 Å². The van der Waals surface area contributed by atoms with Crippen LogP contribution < -0.4 is 5.32 Å². The highest BCUT2D eigenvalue weighted by Gasteiger charge is 2.36. The molecule has 1 aromatic carbocycles. The van der Waals surface area contributed by atoms with Crippen LogP contribution in [-0.2, 0) is 24.9 Å². The molecule has 1 aliphatic rings. The van der Waals surface area contributed by atoms with Crippen LogP contribution >= 0.6 is 0 Å². The zero-order valence-corrected chi connectivity index (χ0v) is 15.5. The summed E-state index contributed by atoms with van der Waals surface area (Å²) in [5.74, 6) is 0.158. The van der Waals surface area contributed by atoms with E-state index in [2.05, 4.69) is 46.5 Å². The summed E-state index contributed by atoms with van der Waals surface area (Å²) in [7, 11) is 1.91.